The second-order valence-electron chi connectivity index (χ2n) is 4.00. The molecule has 0 bridgehead atoms. The maximum Gasteiger partial charge on any atom is 0.315 e. The molecule has 2 aromatic rings. The highest BCUT2D eigenvalue weighted by molar-refractivity contribution is 6.09. The molecule has 3 N–H and O–H groups in total. The van der Waals surface area contributed by atoms with E-state index in [1.54, 1.807) is 0 Å². The van der Waals surface area contributed by atoms with Gasteiger partial charge in [0.15, 0.2) is 11.5 Å². The van der Waals surface area contributed by atoms with Crippen LogP contribution in [0.2, 0.25) is 0 Å². The molecule has 0 aliphatic carbocycles. The normalized spacial score (nSPS) is 10.2. The zero-order valence-electron chi connectivity index (χ0n) is 9.98. The second kappa shape index (κ2) is 4.88. The first-order valence-electron chi connectivity index (χ1n) is 5.44. The fraction of sp³-hybridized carbons (Fsp3) is 0. The van der Waals surface area contributed by atoms with Crippen molar-refractivity contribution in [1.29, 1.82) is 0 Å². The molecule has 0 aromatic heterocycles. The van der Waals surface area contributed by atoms with E-state index in [0.717, 1.165) is 12.1 Å². The molecule has 0 spiro atoms. The summed E-state index contributed by atoms with van der Waals surface area (Å²) in [5.74, 6) is -2.25. The van der Waals surface area contributed by atoms with E-state index in [1.807, 2.05) is 0 Å². The zero-order chi connectivity index (χ0) is 14.9. The number of hydrogen-bond donors (Lipinski definition) is 3. The lowest BCUT2D eigenvalue weighted by Crippen LogP contribution is -2.02. The van der Waals surface area contributed by atoms with Crippen LogP contribution in [-0.2, 0) is 0 Å². The van der Waals surface area contributed by atoms with Gasteiger partial charge in [0.1, 0.15) is 5.75 Å². The molecule has 102 valence electrons. The van der Waals surface area contributed by atoms with E-state index < -0.39 is 27.9 Å². The molecule has 2 rings (SSSR count). The van der Waals surface area contributed by atoms with Gasteiger partial charge in [0.05, 0.1) is 4.92 Å². The molecule has 0 heterocycles. The van der Waals surface area contributed by atoms with E-state index >= 15 is 0 Å². The first kappa shape index (κ1) is 13.3. The number of hydrogen-bond acceptors (Lipinski definition) is 6. The van der Waals surface area contributed by atoms with Crippen LogP contribution in [0, 0.1) is 10.1 Å². The number of carbonyl (C=O) groups is 1. The van der Waals surface area contributed by atoms with Gasteiger partial charge in [-0.2, -0.15) is 0 Å². The van der Waals surface area contributed by atoms with Crippen molar-refractivity contribution in [3.63, 3.8) is 0 Å². The van der Waals surface area contributed by atoms with Crippen molar-refractivity contribution in [3.05, 3.63) is 57.6 Å². The van der Waals surface area contributed by atoms with Gasteiger partial charge in [0.25, 0.3) is 0 Å². The summed E-state index contributed by atoms with van der Waals surface area (Å²) in [6, 6.07) is 7.09. The van der Waals surface area contributed by atoms with Crippen LogP contribution < -0.4 is 0 Å². The van der Waals surface area contributed by atoms with Crippen LogP contribution >= 0.6 is 0 Å². The van der Waals surface area contributed by atoms with Crippen LogP contribution in [0.4, 0.5) is 5.69 Å². The zero-order valence-corrected chi connectivity index (χ0v) is 9.98. The SMILES string of the molecule is O=C(c1ccc(O)cc1)c1cc(O)c(O)c([N+](=O)[O-])c1. The van der Waals surface area contributed by atoms with Crippen molar-refractivity contribution in [3.8, 4) is 17.2 Å². The molecule has 0 amide bonds. The van der Waals surface area contributed by atoms with Crippen molar-refractivity contribution >= 4 is 11.5 Å². The number of carbonyl (C=O) groups excluding carboxylic acids is 1. The monoisotopic (exact) mass is 275 g/mol. The highest BCUT2D eigenvalue weighted by atomic mass is 16.6. The molecule has 0 saturated heterocycles. The van der Waals surface area contributed by atoms with Gasteiger partial charge in [0.2, 0.25) is 5.75 Å². The smallest absolute Gasteiger partial charge is 0.315 e. The van der Waals surface area contributed by atoms with Crippen molar-refractivity contribution in [2.75, 3.05) is 0 Å². The van der Waals surface area contributed by atoms with Crippen molar-refractivity contribution < 1.29 is 25.0 Å². The highest BCUT2D eigenvalue weighted by Gasteiger charge is 2.22. The van der Waals surface area contributed by atoms with E-state index in [1.165, 1.54) is 24.3 Å². The Labute approximate surface area is 112 Å². The number of ketones is 1. The molecule has 2 aromatic carbocycles. The molecule has 0 aliphatic rings. The number of phenols is 3. The maximum absolute atomic E-state index is 12.1. The average Bonchev–Trinajstić information content (AvgIpc) is 2.41. The minimum Gasteiger partial charge on any atom is -0.508 e. The number of nitrogens with zero attached hydrogens (tertiary/aromatic N) is 1. The van der Waals surface area contributed by atoms with E-state index in [2.05, 4.69) is 0 Å². The van der Waals surface area contributed by atoms with Gasteiger partial charge >= 0.3 is 5.69 Å². The quantitative estimate of drug-likeness (QED) is 0.340. The summed E-state index contributed by atoms with van der Waals surface area (Å²) >= 11 is 0. The summed E-state index contributed by atoms with van der Waals surface area (Å²) in [5.41, 5.74) is -0.716. The molecular weight excluding hydrogens is 266 g/mol. The fourth-order valence-corrected chi connectivity index (χ4v) is 1.65. The lowest BCUT2D eigenvalue weighted by Gasteiger charge is -2.04. The predicted octanol–water partition coefficient (Wildman–Crippen LogP) is 1.94. The molecule has 0 fully saturated rings. The minimum atomic E-state index is -0.900. The third-order valence-corrected chi connectivity index (χ3v) is 2.66. The van der Waals surface area contributed by atoms with Gasteiger partial charge in [-0.05, 0) is 30.3 Å². The fourth-order valence-electron chi connectivity index (χ4n) is 1.65. The highest BCUT2D eigenvalue weighted by Crippen LogP contribution is 2.36. The van der Waals surface area contributed by atoms with Gasteiger partial charge in [-0.25, -0.2) is 0 Å². The number of aromatic hydroxyl groups is 3. The lowest BCUT2D eigenvalue weighted by molar-refractivity contribution is -0.386. The van der Waals surface area contributed by atoms with Crippen LogP contribution in [0.5, 0.6) is 17.2 Å². The standard InChI is InChI=1S/C13H9NO6/c15-9-3-1-7(2-4-9)12(17)8-5-10(14(19)20)13(18)11(16)6-8/h1-6,15-16,18H. The Balaban J connectivity index is 2.50. The number of rotatable bonds is 3. The van der Waals surface area contributed by atoms with Gasteiger partial charge in [0, 0.05) is 17.2 Å². The van der Waals surface area contributed by atoms with E-state index in [9.17, 15) is 25.1 Å². The van der Waals surface area contributed by atoms with Crippen LogP contribution in [0.15, 0.2) is 36.4 Å². The Morgan fingerprint density at radius 1 is 1.00 bits per heavy atom. The lowest BCUT2D eigenvalue weighted by atomic mass is 10.0. The Hall–Kier alpha value is -3.09. The number of nitro groups is 1. The van der Waals surface area contributed by atoms with Crippen LogP contribution in [0.3, 0.4) is 0 Å². The summed E-state index contributed by atoms with van der Waals surface area (Å²) < 4.78 is 0. The Morgan fingerprint density at radius 3 is 2.15 bits per heavy atom. The summed E-state index contributed by atoms with van der Waals surface area (Å²) in [7, 11) is 0. The van der Waals surface area contributed by atoms with Crippen LogP contribution in [0.25, 0.3) is 0 Å². The molecular formula is C13H9NO6. The van der Waals surface area contributed by atoms with E-state index in [4.69, 9.17) is 5.11 Å². The number of benzene rings is 2. The predicted molar refractivity (Wildman–Crippen MR) is 68.0 cm³/mol. The summed E-state index contributed by atoms with van der Waals surface area (Å²) in [6.07, 6.45) is 0. The summed E-state index contributed by atoms with van der Waals surface area (Å²) in [6.45, 7) is 0. The van der Waals surface area contributed by atoms with Gasteiger partial charge in [-0.1, -0.05) is 0 Å². The van der Waals surface area contributed by atoms with Crippen LogP contribution in [-0.4, -0.2) is 26.0 Å². The molecule has 0 radical (unpaired) electrons. The third kappa shape index (κ3) is 2.37. The minimum absolute atomic E-state index is 0.0268. The summed E-state index contributed by atoms with van der Waals surface area (Å²) in [5, 5.41) is 38.6. The Morgan fingerprint density at radius 2 is 1.60 bits per heavy atom. The van der Waals surface area contributed by atoms with E-state index in [-0.39, 0.29) is 16.9 Å². The average molecular weight is 275 g/mol. The number of nitro benzene ring substituents is 1. The van der Waals surface area contributed by atoms with Crippen molar-refractivity contribution in [1.82, 2.24) is 0 Å². The molecule has 0 aliphatic heterocycles. The van der Waals surface area contributed by atoms with Crippen molar-refractivity contribution in [2.45, 2.75) is 0 Å². The van der Waals surface area contributed by atoms with Gasteiger partial charge in [-0.3, -0.25) is 14.9 Å². The summed E-state index contributed by atoms with van der Waals surface area (Å²) in [4.78, 5) is 21.9. The molecule has 0 saturated carbocycles. The van der Waals surface area contributed by atoms with Gasteiger partial charge in [-0.15, -0.1) is 0 Å². The first-order chi connectivity index (χ1) is 9.40. The van der Waals surface area contributed by atoms with Crippen molar-refractivity contribution in [2.24, 2.45) is 0 Å². The molecule has 20 heavy (non-hydrogen) atoms. The maximum atomic E-state index is 12.1. The van der Waals surface area contributed by atoms with E-state index in [0.29, 0.717) is 0 Å². The topological polar surface area (TPSA) is 121 Å². The van der Waals surface area contributed by atoms with Crippen LogP contribution in [0.1, 0.15) is 15.9 Å². The molecule has 7 nitrogen and oxygen atoms in total. The first-order valence-corrected chi connectivity index (χ1v) is 5.44. The third-order valence-electron chi connectivity index (χ3n) is 2.66. The molecule has 0 atom stereocenters. The largest absolute Gasteiger partial charge is 0.508 e. The second-order valence-corrected chi connectivity index (χ2v) is 4.00. The molecule has 0 unspecified atom stereocenters. The molecule has 7 heteroatoms. The Bertz CT molecular complexity index is 693. The van der Waals surface area contributed by atoms with Gasteiger partial charge < -0.3 is 15.3 Å². The number of phenolic OH excluding ortho intramolecular Hbond substituents is 3. The Kier molecular flexibility index (Phi) is 3.26.